The molecule has 6 nitrogen and oxygen atoms in total. The summed E-state index contributed by atoms with van der Waals surface area (Å²) in [6, 6.07) is 22.0. The highest BCUT2D eigenvalue weighted by atomic mass is 16.5. The van der Waals surface area contributed by atoms with Crippen molar-refractivity contribution < 1.29 is 14.3 Å². The second-order valence-electron chi connectivity index (χ2n) is 11.9. The molecule has 0 bridgehead atoms. The van der Waals surface area contributed by atoms with Gasteiger partial charge in [-0.2, -0.15) is 5.26 Å². The Morgan fingerprint density at radius 2 is 1.66 bits per heavy atom. The van der Waals surface area contributed by atoms with Crippen molar-refractivity contribution in [3.8, 4) is 17.6 Å². The number of carbonyl (C=O) groups is 1. The predicted molar refractivity (Wildman–Crippen MR) is 162 cm³/mol. The number of rotatable bonds is 6. The Morgan fingerprint density at radius 3 is 2.32 bits per heavy atom. The summed E-state index contributed by atoms with van der Waals surface area (Å²) in [4.78, 5) is 15.9. The Balaban J connectivity index is 1.64. The molecule has 3 aromatic carbocycles. The SMILES string of the molecule is COc1ccc(OCc2cc(C3C(C#N)=C(N)N(c4ccccc4C)C4=C3C(=O)CC(C)(C)C4)c(C)cc2C)cc1. The molecule has 1 unspecified atom stereocenters. The lowest BCUT2D eigenvalue weighted by molar-refractivity contribution is -0.118. The average Bonchev–Trinajstić information content (AvgIpc) is 2.92. The van der Waals surface area contributed by atoms with Gasteiger partial charge < -0.3 is 15.2 Å². The monoisotopic (exact) mass is 547 g/mol. The number of benzene rings is 3. The number of carbonyl (C=O) groups excluding carboxylic acids is 1. The van der Waals surface area contributed by atoms with Crippen LogP contribution in [0.4, 0.5) is 5.69 Å². The van der Waals surface area contributed by atoms with Crippen LogP contribution in [0.2, 0.25) is 0 Å². The molecule has 1 atom stereocenters. The maximum Gasteiger partial charge on any atom is 0.162 e. The number of anilines is 1. The zero-order valence-corrected chi connectivity index (χ0v) is 24.7. The molecule has 6 heteroatoms. The zero-order chi connectivity index (χ0) is 29.5. The van der Waals surface area contributed by atoms with E-state index in [0.29, 0.717) is 36.4 Å². The second-order valence-corrected chi connectivity index (χ2v) is 11.9. The Labute approximate surface area is 242 Å². The van der Waals surface area contributed by atoms with E-state index in [1.807, 2.05) is 67.3 Å². The first-order valence-corrected chi connectivity index (χ1v) is 13.9. The molecule has 2 aliphatic rings. The molecule has 210 valence electrons. The molecule has 41 heavy (non-hydrogen) atoms. The first-order chi connectivity index (χ1) is 19.5. The molecule has 1 heterocycles. The molecule has 0 fully saturated rings. The minimum atomic E-state index is -0.542. The number of Topliss-reactive ketones (excluding diaryl/α,β-unsaturated/α-hetero) is 1. The van der Waals surface area contributed by atoms with Gasteiger partial charge in [0.2, 0.25) is 0 Å². The van der Waals surface area contributed by atoms with E-state index in [0.717, 1.165) is 50.7 Å². The van der Waals surface area contributed by atoms with E-state index in [-0.39, 0.29) is 11.2 Å². The summed E-state index contributed by atoms with van der Waals surface area (Å²) in [7, 11) is 1.63. The second kappa shape index (κ2) is 10.8. The molecule has 1 aliphatic carbocycles. The smallest absolute Gasteiger partial charge is 0.162 e. The van der Waals surface area contributed by atoms with Gasteiger partial charge in [-0.05, 0) is 90.8 Å². The highest BCUT2D eigenvalue weighted by Crippen LogP contribution is 2.51. The van der Waals surface area contributed by atoms with Crippen LogP contribution in [0.25, 0.3) is 0 Å². The van der Waals surface area contributed by atoms with Crippen LogP contribution < -0.4 is 20.1 Å². The highest BCUT2D eigenvalue weighted by molar-refractivity contribution is 6.02. The van der Waals surface area contributed by atoms with Gasteiger partial charge in [-0.25, -0.2) is 0 Å². The Kier molecular flexibility index (Phi) is 7.40. The van der Waals surface area contributed by atoms with Crippen LogP contribution >= 0.6 is 0 Å². The Morgan fingerprint density at radius 1 is 0.976 bits per heavy atom. The molecular weight excluding hydrogens is 510 g/mol. The summed E-state index contributed by atoms with van der Waals surface area (Å²) in [5, 5.41) is 10.5. The van der Waals surface area contributed by atoms with E-state index < -0.39 is 5.92 Å². The first kappa shape index (κ1) is 28.0. The average molecular weight is 548 g/mol. The number of nitriles is 1. The van der Waals surface area contributed by atoms with Gasteiger partial charge in [0.15, 0.2) is 5.78 Å². The van der Waals surface area contributed by atoms with Gasteiger partial charge in [0, 0.05) is 17.7 Å². The molecule has 0 saturated carbocycles. The summed E-state index contributed by atoms with van der Waals surface area (Å²) >= 11 is 0. The molecule has 2 N–H and O–H groups in total. The van der Waals surface area contributed by atoms with Crippen LogP contribution in [0.3, 0.4) is 0 Å². The summed E-state index contributed by atoms with van der Waals surface area (Å²) in [5.41, 5.74) is 14.5. The maximum atomic E-state index is 14.0. The van der Waals surface area contributed by atoms with Gasteiger partial charge in [-0.15, -0.1) is 0 Å². The van der Waals surface area contributed by atoms with Crippen molar-refractivity contribution in [2.24, 2.45) is 11.1 Å². The van der Waals surface area contributed by atoms with Crippen LogP contribution in [0, 0.1) is 37.5 Å². The number of allylic oxidation sites excluding steroid dienone is 3. The van der Waals surface area contributed by atoms with Crippen molar-refractivity contribution in [1.82, 2.24) is 0 Å². The summed E-state index contributed by atoms with van der Waals surface area (Å²) in [6.45, 7) is 10.7. The number of ketones is 1. The molecule has 5 rings (SSSR count). The van der Waals surface area contributed by atoms with E-state index >= 15 is 0 Å². The third-order valence-corrected chi connectivity index (χ3v) is 8.23. The lowest BCUT2D eigenvalue weighted by Gasteiger charge is -2.44. The molecule has 0 amide bonds. The number of aryl methyl sites for hydroxylation is 3. The Hall–Kier alpha value is -4.50. The molecule has 1 aliphatic heterocycles. The number of hydrogen-bond acceptors (Lipinski definition) is 6. The number of hydrogen-bond donors (Lipinski definition) is 1. The standard InChI is InChI=1S/C35H37N3O3/c1-21-9-7-8-10-29(21)38-30-17-35(4,5)18-31(39)33(30)32(28(19-36)34(38)37)27-16-24(22(2)15-23(27)3)20-41-26-13-11-25(40-6)12-14-26/h7-16,32H,17-18,20,37H2,1-6H3. The number of para-hydroxylation sites is 1. The lowest BCUT2D eigenvalue weighted by Crippen LogP contribution is -2.42. The van der Waals surface area contributed by atoms with E-state index in [1.165, 1.54) is 0 Å². The fourth-order valence-corrected chi connectivity index (χ4v) is 6.13. The van der Waals surface area contributed by atoms with Crippen molar-refractivity contribution in [2.75, 3.05) is 12.0 Å². The van der Waals surface area contributed by atoms with Gasteiger partial charge in [-0.1, -0.05) is 44.2 Å². The quantitative estimate of drug-likeness (QED) is 0.353. The maximum absolute atomic E-state index is 14.0. The molecule has 0 radical (unpaired) electrons. The largest absolute Gasteiger partial charge is 0.497 e. The zero-order valence-electron chi connectivity index (χ0n) is 24.7. The third kappa shape index (κ3) is 5.20. The lowest BCUT2D eigenvalue weighted by atomic mass is 9.68. The van der Waals surface area contributed by atoms with Crippen LogP contribution in [-0.4, -0.2) is 12.9 Å². The van der Waals surface area contributed by atoms with Gasteiger partial charge >= 0.3 is 0 Å². The number of methoxy groups -OCH3 is 1. The van der Waals surface area contributed by atoms with Crippen LogP contribution in [0.15, 0.2) is 83.3 Å². The van der Waals surface area contributed by atoms with E-state index in [9.17, 15) is 10.1 Å². The predicted octanol–water partition coefficient (Wildman–Crippen LogP) is 7.14. The topological polar surface area (TPSA) is 88.6 Å². The number of nitrogens with zero attached hydrogens (tertiary/aromatic N) is 2. The van der Waals surface area contributed by atoms with Crippen molar-refractivity contribution >= 4 is 11.5 Å². The van der Waals surface area contributed by atoms with Crippen LogP contribution in [-0.2, 0) is 11.4 Å². The molecule has 0 spiro atoms. The highest BCUT2D eigenvalue weighted by Gasteiger charge is 2.45. The molecule has 3 aromatic rings. The van der Waals surface area contributed by atoms with Gasteiger partial charge in [-0.3, -0.25) is 9.69 Å². The fraction of sp³-hybridized carbons (Fsp3) is 0.314. The number of ether oxygens (including phenoxy) is 2. The van der Waals surface area contributed by atoms with Crippen molar-refractivity contribution in [2.45, 2.75) is 60.0 Å². The van der Waals surface area contributed by atoms with Gasteiger partial charge in [0.25, 0.3) is 0 Å². The summed E-state index contributed by atoms with van der Waals surface area (Å²) in [5.74, 6) is 1.40. The molecule has 0 aromatic heterocycles. The minimum absolute atomic E-state index is 0.0658. The molecule has 0 saturated heterocycles. The van der Waals surface area contributed by atoms with E-state index in [2.05, 4.69) is 39.0 Å². The summed E-state index contributed by atoms with van der Waals surface area (Å²) < 4.78 is 11.4. The van der Waals surface area contributed by atoms with E-state index in [1.54, 1.807) is 7.11 Å². The fourth-order valence-electron chi connectivity index (χ4n) is 6.13. The van der Waals surface area contributed by atoms with Crippen LogP contribution in [0.5, 0.6) is 11.5 Å². The normalized spacial score (nSPS) is 18.2. The van der Waals surface area contributed by atoms with E-state index in [4.69, 9.17) is 15.2 Å². The Bertz CT molecular complexity index is 1620. The van der Waals surface area contributed by atoms with Crippen LogP contribution in [0.1, 0.15) is 60.4 Å². The van der Waals surface area contributed by atoms with Gasteiger partial charge in [0.05, 0.1) is 30.4 Å². The van der Waals surface area contributed by atoms with Crippen molar-refractivity contribution in [1.29, 1.82) is 5.26 Å². The first-order valence-electron chi connectivity index (χ1n) is 13.9. The number of nitrogens with two attached hydrogens (primary N) is 1. The minimum Gasteiger partial charge on any atom is -0.497 e. The third-order valence-electron chi connectivity index (χ3n) is 8.23. The summed E-state index contributed by atoms with van der Waals surface area (Å²) in [6.07, 6.45) is 1.09. The van der Waals surface area contributed by atoms with Crippen molar-refractivity contribution in [3.05, 3.63) is 111 Å². The molecular formula is C35H37N3O3. The van der Waals surface area contributed by atoms with Gasteiger partial charge in [0.1, 0.15) is 23.9 Å². The van der Waals surface area contributed by atoms with Crippen molar-refractivity contribution in [3.63, 3.8) is 0 Å².